The first-order valence-electron chi connectivity index (χ1n) is 11.7. The number of hydrogen-bond acceptors (Lipinski definition) is 4. The lowest BCUT2D eigenvalue weighted by molar-refractivity contribution is -0.121. The zero-order chi connectivity index (χ0) is 23.7. The van der Waals surface area contributed by atoms with Crippen LogP contribution in [-0.4, -0.2) is 18.6 Å². The Balaban J connectivity index is 0.00000289. The monoisotopic (exact) mass is 458 g/mol. The van der Waals surface area contributed by atoms with Crippen molar-refractivity contribution in [3.8, 4) is 22.6 Å². The highest BCUT2D eigenvalue weighted by atomic mass is 16.7. The van der Waals surface area contributed by atoms with Crippen molar-refractivity contribution in [3.05, 3.63) is 77.4 Å². The SMILES string of the molecule is CCC(=O)NCc1ccc(-c2cc(NC(=O)C3(c4ccc5c(c4)OCO5)CC3)ccc2C)cc1.[HH]. The van der Waals surface area contributed by atoms with Crippen LogP contribution in [0.15, 0.2) is 60.7 Å². The van der Waals surface area contributed by atoms with Crippen molar-refractivity contribution in [2.45, 2.75) is 45.1 Å². The van der Waals surface area contributed by atoms with Gasteiger partial charge < -0.3 is 20.1 Å². The highest BCUT2D eigenvalue weighted by Gasteiger charge is 2.51. The molecule has 0 radical (unpaired) electrons. The summed E-state index contributed by atoms with van der Waals surface area (Å²) in [5, 5.41) is 6.04. The van der Waals surface area contributed by atoms with Crippen LogP contribution in [0.2, 0.25) is 0 Å². The maximum absolute atomic E-state index is 13.3. The Bertz CT molecular complexity index is 1250. The molecule has 3 aromatic carbocycles. The van der Waals surface area contributed by atoms with Gasteiger partial charge in [-0.1, -0.05) is 43.3 Å². The molecular weight excluding hydrogens is 428 g/mol. The smallest absolute Gasteiger partial charge is 0.235 e. The molecule has 1 aliphatic heterocycles. The van der Waals surface area contributed by atoms with Crippen LogP contribution in [0, 0.1) is 6.92 Å². The Morgan fingerprint density at radius 3 is 2.47 bits per heavy atom. The van der Waals surface area contributed by atoms with Crippen LogP contribution in [0.5, 0.6) is 11.5 Å². The molecular formula is C28H30N2O4. The number of fused-ring (bicyclic) bond motifs is 1. The summed E-state index contributed by atoms with van der Waals surface area (Å²) in [5.41, 5.74) is 5.53. The fourth-order valence-corrected chi connectivity index (χ4v) is 4.36. The second-order valence-corrected chi connectivity index (χ2v) is 8.96. The van der Waals surface area contributed by atoms with E-state index in [4.69, 9.17) is 9.47 Å². The summed E-state index contributed by atoms with van der Waals surface area (Å²) in [6.07, 6.45) is 2.10. The molecule has 2 N–H and O–H groups in total. The van der Waals surface area contributed by atoms with E-state index in [1.54, 1.807) is 0 Å². The van der Waals surface area contributed by atoms with Gasteiger partial charge in [-0.3, -0.25) is 9.59 Å². The Hall–Kier alpha value is -3.80. The molecule has 176 valence electrons. The lowest BCUT2D eigenvalue weighted by Crippen LogP contribution is -2.27. The first kappa shape index (κ1) is 22.0. The summed E-state index contributed by atoms with van der Waals surface area (Å²) < 4.78 is 10.9. The van der Waals surface area contributed by atoms with Gasteiger partial charge in [0.25, 0.3) is 0 Å². The van der Waals surface area contributed by atoms with Gasteiger partial charge in [0, 0.05) is 20.1 Å². The van der Waals surface area contributed by atoms with Crippen LogP contribution in [0.3, 0.4) is 0 Å². The average Bonchev–Trinajstić information content (AvgIpc) is 3.54. The van der Waals surface area contributed by atoms with Crippen molar-refractivity contribution in [2.24, 2.45) is 0 Å². The van der Waals surface area contributed by atoms with Crippen molar-refractivity contribution >= 4 is 17.5 Å². The van der Waals surface area contributed by atoms with Gasteiger partial charge >= 0.3 is 0 Å². The molecule has 3 aromatic rings. The number of rotatable bonds is 7. The molecule has 1 saturated carbocycles. The minimum absolute atomic E-state index is 0. The molecule has 1 heterocycles. The third-order valence-electron chi connectivity index (χ3n) is 6.68. The van der Waals surface area contributed by atoms with Crippen LogP contribution in [0.4, 0.5) is 5.69 Å². The summed E-state index contributed by atoms with van der Waals surface area (Å²) >= 11 is 0. The number of nitrogens with one attached hydrogen (secondary N) is 2. The summed E-state index contributed by atoms with van der Waals surface area (Å²) in [4.78, 5) is 24.8. The molecule has 34 heavy (non-hydrogen) atoms. The van der Waals surface area contributed by atoms with Gasteiger partial charge in [0.15, 0.2) is 11.5 Å². The molecule has 0 spiro atoms. The Morgan fingerprint density at radius 1 is 0.971 bits per heavy atom. The van der Waals surface area contributed by atoms with Crippen LogP contribution in [0.1, 0.15) is 44.3 Å². The summed E-state index contributed by atoms with van der Waals surface area (Å²) in [5.74, 6) is 1.47. The van der Waals surface area contributed by atoms with Crippen molar-refractivity contribution in [1.82, 2.24) is 5.32 Å². The van der Waals surface area contributed by atoms with Gasteiger partial charge in [-0.25, -0.2) is 0 Å². The Labute approximate surface area is 200 Å². The molecule has 2 aliphatic rings. The molecule has 6 nitrogen and oxygen atoms in total. The lowest BCUT2D eigenvalue weighted by Gasteiger charge is -2.17. The highest BCUT2D eigenvalue weighted by molar-refractivity contribution is 6.02. The van der Waals surface area contributed by atoms with Crippen molar-refractivity contribution in [2.75, 3.05) is 12.1 Å². The van der Waals surface area contributed by atoms with E-state index < -0.39 is 5.41 Å². The summed E-state index contributed by atoms with van der Waals surface area (Å²) in [6.45, 7) is 4.64. The molecule has 0 bridgehead atoms. The Morgan fingerprint density at radius 2 is 1.74 bits per heavy atom. The van der Waals surface area contributed by atoms with E-state index in [0.717, 1.165) is 52.1 Å². The topological polar surface area (TPSA) is 76.7 Å². The number of hydrogen-bond donors (Lipinski definition) is 2. The predicted molar refractivity (Wildman–Crippen MR) is 133 cm³/mol. The number of carbonyl (C=O) groups is 2. The zero-order valence-corrected chi connectivity index (χ0v) is 19.4. The van der Waals surface area contributed by atoms with E-state index >= 15 is 0 Å². The number of ether oxygens (including phenoxy) is 2. The molecule has 0 aromatic heterocycles. The van der Waals surface area contributed by atoms with Crippen molar-refractivity contribution < 1.29 is 20.5 Å². The van der Waals surface area contributed by atoms with Crippen LogP contribution >= 0.6 is 0 Å². The lowest BCUT2D eigenvalue weighted by atomic mass is 9.94. The average molecular weight is 459 g/mol. The number of aryl methyl sites for hydroxylation is 1. The molecule has 6 heteroatoms. The largest absolute Gasteiger partial charge is 0.454 e. The first-order valence-corrected chi connectivity index (χ1v) is 11.7. The Kier molecular flexibility index (Phi) is 5.74. The third kappa shape index (κ3) is 4.23. The second-order valence-electron chi connectivity index (χ2n) is 8.96. The van der Waals surface area contributed by atoms with Crippen LogP contribution in [-0.2, 0) is 21.5 Å². The standard InChI is InChI=1S/C28H28N2O4.H2/c1-3-26(31)29-16-19-5-7-20(8-6-19)23-15-22(10-4-18(23)2)30-27(32)28(12-13-28)21-9-11-24-25(14-21)34-17-33-24;/h4-11,14-15H,3,12-13,16-17H2,1-2H3,(H,29,31)(H,30,32);1H. The molecule has 2 amide bonds. The summed E-state index contributed by atoms with van der Waals surface area (Å²) in [7, 11) is 0. The number of amides is 2. The van der Waals surface area contributed by atoms with E-state index in [1.165, 1.54) is 0 Å². The van der Waals surface area contributed by atoms with E-state index in [1.807, 2.05) is 55.5 Å². The predicted octanol–water partition coefficient (Wildman–Crippen LogP) is 5.33. The van der Waals surface area contributed by atoms with E-state index in [2.05, 4.69) is 29.7 Å². The highest BCUT2D eigenvalue weighted by Crippen LogP contribution is 2.51. The number of carbonyl (C=O) groups excluding carboxylic acids is 2. The third-order valence-corrected chi connectivity index (χ3v) is 6.68. The van der Waals surface area contributed by atoms with E-state index in [-0.39, 0.29) is 20.0 Å². The van der Waals surface area contributed by atoms with Gasteiger partial charge in [0.1, 0.15) is 0 Å². The number of anilines is 1. The maximum Gasteiger partial charge on any atom is 0.235 e. The molecule has 0 atom stereocenters. The normalized spacial score (nSPS) is 15.0. The first-order chi connectivity index (χ1) is 16.5. The second kappa shape index (κ2) is 8.86. The maximum atomic E-state index is 13.3. The zero-order valence-electron chi connectivity index (χ0n) is 19.4. The van der Waals surface area contributed by atoms with Crippen LogP contribution < -0.4 is 20.1 Å². The molecule has 0 saturated heterocycles. The molecule has 1 aliphatic carbocycles. The van der Waals surface area contributed by atoms with Gasteiger partial charge in [0.2, 0.25) is 18.6 Å². The van der Waals surface area contributed by atoms with Crippen molar-refractivity contribution in [3.63, 3.8) is 0 Å². The van der Waals surface area contributed by atoms with E-state index in [0.29, 0.717) is 18.7 Å². The van der Waals surface area contributed by atoms with Gasteiger partial charge in [0.05, 0.1) is 5.41 Å². The fraction of sp³-hybridized carbons (Fsp3) is 0.286. The molecule has 1 fully saturated rings. The number of benzene rings is 3. The minimum atomic E-state index is -0.517. The van der Waals surface area contributed by atoms with Gasteiger partial charge in [-0.2, -0.15) is 0 Å². The molecule has 5 rings (SSSR count). The summed E-state index contributed by atoms with van der Waals surface area (Å²) in [6, 6.07) is 19.9. The fourth-order valence-electron chi connectivity index (χ4n) is 4.36. The van der Waals surface area contributed by atoms with E-state index in [9.17, 15) is 9.59 Å². The van der Waals surface area contributed by atoms with Gasteiger partial charge in [-0.05, 0) is 71.8 Å². The van der Waals surface area contributed by atoms with Crippen molar-refractivity contribution in [1.29, 1.82) is 0 Å². The van der Waals surface area contributed by atoms with Crippen LogP contribution in [0.25, 0.3) is 11.1 Å². The minimum Gasteiger partial charge on any atom is -0.454 e. The quantitative estimate of drug-likeness (QED) is 0.502. The van der Waals surface area contributed by atoms with Gasteiger partial charge in [-0.15, -0.1) is 0 Å². The molecule has 0 unspecified atom stereocenters.